The first-order chi connectivity index (χ1) is 6.77. The van der Waals surface area contributed by atoms with Crippen LogP contribution in [0.25, 0.3) is 0 Å². The molecule has 0 aromatic carbocycles. The van der Waals surface area contributed by atoms with E-state index in [1.807, 2.05) is 19.9 Å². The summed E-state index contributed by atoms with van der Waals surface area (Å²) in [5.74, 6) is -0.129. The van der Waals surface area contributed by atoms with Crippen LogP contribution in [0.1, 0.15) is 24.3 Å². The van der Waals surface area contributed by atoms with Gasteiger partial charge in [0.1, 0.15) is 5.69 Å². The Morgan fingerprint density at radius 3 is 2.64 bits per heavy atom. The molecule has 0 aliphatic rings. The number of nitrogens with one attached hydrogen (secondary N) is 2. The normalized spacial score (nSPS) is 9.57. The van der Waals surface area contributed by atoms with E-state index in [0.29, 0.717) is 12.2 Å². The lowest BCUT2D eigenvalue weighted by atomic mass is 10.3. The van der Waals surface area contributed by atoms with Gasteiger partial charge in [-0.15, -0.1) is 0 Å². The van der Waals surface area contributed by atoms with Crippen molar-refractivity contribution in [1.82, 2.24) is 10.3 Å². The summed E-state index contributed by atoms with van der Waals surface area (Å²) in [5.41, 5.74) is 1.38. The molecule has 0 saturated heterocycles. The van der Waals surface area contributed by atoms with Crippen LogP contribution < -0.4 is 10.6 Å². The zero-order valence-corrected chi connectivity index (χ0v) is 8.50. The van der Waals surface area contributed by atoms with Crippen LogP contribution in [0.4, 0.5) is 5.69 Å². The van der Waals surface area contributed by atoms with Crippen LogP contribution >= 0.6 is 0 Å². The molecule has 76 valence electrons. The van der Waals surface area contributed by atoms with E-state index in [0.717, 1.165) is 12.2 Å². The molecule has 1 heterocycles. The summed E-state index contributed by atoms with van der Waals surface area (Å²) in [4.78, 5) is 15.4. The molecule has 0 saturated carbocycles. The van der Waals surface area contributed by atoms with Gasteiger partial charge in [-0.05, 0) is 26.0 Å². The van der Waals surface area contributed by atoms with Crippen molar-refractivity contribution >= 4 is 11.6 Å². The number of pyridine rings is 1. The molecule has 0 fully saturated rings. The third-order valence-corrected chi connectivity index (χ3v) is 1.71. The van der Waals surface area contributed by atoms with Gasteiger partial charge in [0.05, 0.1) is 11.9 Å². The Balaban J connectivity index is 2.67. The Labute approximate surface area is 83.7 Å². The molecule has 0 atom stereocenters. The Kier molecular flexibility index (Phi) is 3.91. The molecule has 4 nitrogen and oxygen atoms in total. The number of aromatic nitrogens is 1. The minimum absolute atomic E-state index is 0.129. The molecule has 0 bridgehead atoms. The zero-order chi connectivity index (χ0) is 10.4. The van der Waals surface area contributed by atoms with Gasteiger partial charge >= 0.3 is 0 Å². The molecule has 0 unspecified atom stereocenters. The minimum atomic E-state index is -0.129. The van der Waals surface area contributed by atoms with Gasteiger partial charge in [0.25, 0.3) is 5.91 Å². The maximum absolute atomic E-state index is 11.3. The van der Waals surface area contributed by atoms with Crippen molar-refractivity contribution in [3.05, 3.63) is 24.0 Å². The molecule has 4 heteroatoms. The van der Waals surface area contributed by atoms with Crippen molar-refractivity contribution < 1.29 is 4.79 Å². The Hall–Kier alpha value is -1.58. The topological polar surface area (TPSA) is 54.0 Å². The molecule has 0 aliphatic carbocycles. The third kappa shape index (κ3) is 2.73. The van der Waals surface area contributed by atoms with Gasteiger partial charge in [-0.3, -0.25) is 4.79 Å². The number of amides is 1. The lowest BCUT2D eigenvalue weighted by Crippen LogP contribution is -2.23. The van der Waals surface area contributed by atoms with Crippen molar-refractivity contribution in [3.63, 3.8) is 0 Å². The van der Waals surface area contributed by atoms with E-state index in [1.54, 1.807) is 12.3 Å². The first-order valence-corrected chi connectivity index (χ1v) is 4.76. The molecular weight excluding hydrogens is 178 g/mol. The van der Waals surface area contributed by atoms with Gasteiger partial charge < -0.3 is 10.6 Å². The van der Waals surface area contributed by atoms with E-state index < -0.39 is 0 Å². The van der Waals surface area contributed by atoms with Gasteiger partial charge in [-0.1, -0.05) is 0 Å². The van der Waals surface area contributed by atoms with E-state index in [4.69, 9.17) is 0 Å². The average Bonchev–Trinajstić information content (AvgIpc) is 2.20. The van der Waals surface area contributed by atoms with Gasteiger partial charge in [0.15, 0.2) is 0 Å². The molecule has 1 amide bonds. The molecule has 1 aromatic rings. The number of anilines is 1. The van der Waals surface area contributed by atoms with Gasteiger partial charge in [0, 0.05) is 13.1 Å². The van der Waals surface area contributed by atoms with E-state index in [2.05, 4.69) is 15.6 Å². The molecule has 1 rings (SSSR count). The summed E-state index contributed by atoms with van der Waals surface area (Å²) < 4.78 is 0. The second-order valence-electron chi connectivity index (χ2n) is 2.82. The zero-order valence-electron chi connectivity index (χ0n) is 8.50. The highest BCUT2D eigenvalue weighted by molar-refractivity contribution is 5.92. The second kappa shape index (κ2) is 5.21. The summed E-state index contributed by atoms with van der Waals surface area (Å²) in [5, 5.41) is 5.80. The molecular formula is C10H15N3O. The van der Waals surface area contributed by atoms with E-state index in [-0.39, 0.29) is 5.91 Å². The number of carbonyl (C=O) groups excluding carboxylic acids is 1. The maximum atomic E-state index is 11.3. The third-order valence-electron chi connectivity index (χ3n) is 1.71. The minimum Gasteiger partial charge on any atom is -0.384 e. The van der Waals surface area contributed by atoms with Crippen LogP contribution in [0, 0.1) is 0 Å². The Morgan fingerprint density at radius 1 is 1.36 bits per heavy atom. The van der Waals surface area contributed by atoms with Crippen LogP contribution in [-0.4, -0.2) is 24.0 Å². The number of nitrogens with zero attached hydrogens (tertiary/aromatic N) is 1. The Morgan fingerprint density at radius 2 is 2.14 bits per heavy atom. The SMILES string of the molecule is CCNC(=O)c1ccc(NCC)cn1. The lowest BCUT2D eigenvalue weighted by Gasteiger charge is -2.04. The monoisotopic (exact) mass is 193 g/mol. The molecule has 0 radical (unpaired) electrons. The second-order valence-corrected chi connectivity index (χ2v) is 2.82. The van der Waals surface area contributed by atoms with E-state index >= 15 is 0 Å². The van der Waals surface area contributed by atoms with Crippen molar-refractivity contribution in [1.29, 1.82) is 0 Å². The highest BCUT2D eigenvalue weighted by atomic mass is 16.1. The number of hydrogen-bond donors (Lipinski definition) is 2. The Bertz CT molecular complexity index is 295. The van der Waals surface area contributed by atoms with Crippen molar-refractivity contribution in [2.45, 2.75) is 13.8 Å². The predicted octanol–water partition coefficient (Wildman–Crippen LogP) is 1.26. The van der Waals surface area contributed by atoms with Crippen molar-refractivity contribution in [2.75, 3.05) is 18.4 Å². The number of carbonyl (C=O) groups is 1. The van der Waals surface area contributed by atoms with E-state index in [1.165, 1.54) is 0 Å². The fraction of sp³-hybridized carbons (Fsp3) is 0.400. The van der Waals surface area contributed by atoms with Crippen LogP contribution in [0.5, 0.6) is 0 Å². The molecule has 0 spiro atoms. The standard InChI is InChI=1S/C10H15N3O/c1-3-11-8-5-6-9(13-7-8)10(14)12-4-2/h5-7,11H,3-4H2,1-2H3,(H,12,14). The highest BCUT2D eigenvalue weighted by Crippen LogP contribution is 2.05. The van der Waals surface area contributed by atoms with Gasteiger partial charge in [-0.25, -0.2) is 4.98 Å². The largest absolute Gasteiger partial charge is 0.384 e. The summed E-state index contributed by atoms with van der Waals surface area (Å²) >= 11 is 0. The smallest absolute Gasteiger partial charge is 0.269 e. The summed E-state index contributed by atoms with van der Waals surface area (Å²) in [6, 6.07) is 3.56. The van der Waals surface area contributed by atoms with Crippen LogP contribution in [0.2, 0.25) is 0 Å². The van der Waals surface area contributed by atoms with Crippen LogP contribution in [0.15, 0.2) is 18.3 Å². The first kappa shape index (κ1) is 10.5. The van der Waals surface area contributed by atoms with E-state index in [9.17, 15) is 4.79 Å². The van der Waals surface area contributed by atoms with Crippen LogP contribution in [0.3, 0.4) is 0 Å². The maximum Gasteiger partial charge on any atom is 0.269 e. The number of hydrogen-bond acceptors (Lipinski definition) is 3. The average molecular weight is 193 g/mol. The van der Waals surface area contributed by atoms with Crippen molar-refractivity contribution in [3.8, 4) is 0 Å². The summed E-state index contributed by atoms with van der Waals surface area (Å²) in [6.07, 6.45) is 1.66. The van der Waals surface area contributed by atoms with Crippen LogP contribution in [-0.2, 0) is 0 Å². The molecule has 14 heavy (non-hydrogen) atoms. The summed E-state index contributed by atoms with van der Waals surface area (Å²) in [6.45, 7) is 5.36. The fourth-order valence-electron chi connectivity index (χ4n) is 1.09. The quantitative estimate of drug-likeness (QED) is 0.757. The first-order valence-electron chi connectivity index (χ1n) is 4.76. The van der Waals surface area contributed by atoms with Crippen molar-refractivity contribution in [2.24, 2.45) is 0 Å². The van der Waals surface area contributed by atoms with Gasteiger partial charge in [-0.2, -0.15) is 0 Å². The van der Waals surface area contributed by atoms with Gasteiger partial charge in [0.2, 0.25) is 0 Å². The lowest BCUT2D eigenvalue weighted by molar-refractivity contribution is 0.0951. The number of rotatable bonds is 4. The predicted molar refractivity (Wildman–Crippen MR) is 56.4 cm³/mol. The molecule has 0 aliphatic heterocycles. The molecule has 2 N–H and O–H groups in total. The highest BCUT2D eigenvalue weighted by Gasteiger charge is 2.04. The fourth-order valence-corrected chi connectivity index (χ4v) is 1.09. The molecule has 1 aromatic heterocycles. The summed E-state index contributed by atoms with van der Waals surface area (Å²) in [7, 11) is 0.